The van der Waals surface area contributed by atoms with E-state index in [0.29, 0.717) is 12.4 Å². The number of aliphatic hydroxyl groups excluding tert-OH is 1. The highest BCUT2D eigenvalue weighted by atomic mass is 19.1. The lowest BCUT2D eigenvalue weighted by atomic mass is 10.1. The minimum Gasteiger partial charge on any atom is -0.489 e. The van der Waals surface area contributed by atoms with Crippen molar-refractivity contribution in [3.63, 3.8) is 0 Å². The van der Waals surface area contributed by atoms with E-state index in [1.165, 1.54) is 13.0 Å². The fraction of sp³-hybridized carbons (Fsp3) is 0.200. The van der Waals surface area contributed by atoms with Gasteiger partial charge in [0.25, 0.3) is 0 Å². The second-order valence-electron chi connectivity index (χ2n) is 4.13. The van der Waals surface area contributed by atoms with Crippen LogP contribution in [0.15, 0.2) is 48.5 Å². The molecule has 0 spiro atoms. The Bertz CT molecular complexity index is 509. The van der Waals surface area contributed by atoms with Gasteiger partial charge in [0.1, 0.15) is 18.2 Å². The van der Waals surface area contributed by atoms with Gasteiger partial charge in [-0.2, -0.15) is 0 Å². The van der Waals surface area contributed by atoms with E-state index < -0.39 is 11.9 Å². The molecule has 0 heterocycles. The number of rotatable bonds is 4. The molecule has 94 valence electrons. The van der Waals surface area contributed by atoms with Crippen molar-refractivity contribution in [3.8, 4) is 5.75 Å². The Balaban J connectivity index is 2.05. The van der Waals surface area contributed by atoms with Crippen LogP contribution < -0.4 is 4.74 Å². The standard InChI is InChI=1S/C15H15FO2/c1-11(17)14-8-7-13(9-15(14)16)18-10-12-5-3-2-4-6-12/h2-9,11,17H,10H2,1H3/t11-/m1/s1. The molecule has 0 aliphatic carbocycles. The van der Waals surface area contributed by atoms with E-state index >= 15 is 0 Å². The smallest absolute Gasteiger partial charge is 0.132 e. The maximum Gasteiger partial charge on any atom is 0.132 e. The van der Waals surface area contributed by atoms with Gasteiger partial charge in [-0.3, -0.25) is 0 Å². The predicted octanol–water partition coefficient (Wildman–Crippen LogP) is 3.46. The molecular formula is C15H15FO2. The molecule has 2 rings (SSSR count). The molecule has 1 N–H and O–H groups in total. The van der Waals surface area contributed by atoms with Crippen LogP contribution in [0.3, 0.4) is 0 Å². The van der Waals surface area contributed by atoms with Crippen molar-refractivity contribution in [1.29, 1.82) is 0 Å². The maximum atomic E-state index is 13.6. The third kappa shape index (κ3) is 3.08. The third-order valence-electron chi connectivity index (χ3n) is 2.67. The third-order valence-corrected chi connectivity index (χ3v) is 2.67. The molecule has 0 saturated carbocycles. The summed E-state index contributed by atoms with van der Waals surface area (Å²) in [7, 11) is 0. The highest BCUT2D eigenvalue weighted by molar-refractivity contribution is 5.30. The summed E-state index contributed by atoms with van der Waals surface area (Å²) >= 11 is 0. The first-order valence-electron chi connectivity index (χ1n) is 5.81. The van der Waals surface area contributed by atoms with Gasteiger partial charge in [-0.15, -0.1) is 0 Å². The van der Waals surface area contributed by atoms with Gasteiger partial charge in [-0.25, -0.2) is 4.39 Å². The predicted molar refractivity (Wildman–Crippen MR) is 67.8 cm³/mol. The van der Waals surface area contributed by atoms with Gasteiger partial charge in [0.05, 0.1) is 6.10 Å². The van der Waals surface area contributed by atoms with Crippen molar-refractivity contribution < 1.29 is 14.2 Å². The molecule has 0 saturated heterocycles. The largest absolute Gasteiger partial charge is 0.489 e. The molecule has 0 aromatic heterocycles. The molecule has 3 heteroatoms. The fourth-order valence-electron chi connectivity index (χ4n) is 1.68. The summed E-state index contributed by atoms with van der Waals surface area (Å²) in [5.41, 5.74) is 1.31. The lowest BCUT2D eigenvalue weighted by Crippen LogP contribution is -1.99. The van der Waals surface area contributed by atoms with Gasteiger partial charge in [0.15, 0.2) is 0 Å². The Labute approximate surface area is 106 Å². The zero-order valence-corrected chi connectivity index (χ0v) is 10.1. The Morgan fingerprint density at radius 2 is 1.89 bits per heavy atom. The van der Waals surface area contributed by atoms with Crippen LogP contribution in [0.25, 0.3) is 0 Å². The molecule has 0 aliphatic rings. The SMILES string of the molecule is C[C@@H](O)c1ccc(OCc2ccccc2)cc1F. The molecule has 0 amide bonds. The van der Waals surface area contributed by atoms with Crippen molar-refractivity contribution in [3.05, 3.63) is 65.5 Å². The summed E-state index contributed by atoms with van der Waals surface area (Å²) < 4.78 is 19.1. The normalized spacial score (nSPS) is 12.2. The van der Waals surface area contributed by atoms with E-state index in [1.807, 2.05) is 30.3 Å². The Hall–Kier alpha value is -1.87. The van der Waals surface area contributed by atoms with Crippen molar-refractivity contribution in [2.75, 3.05) is 0 Å². The minimum absolute atomic E-state index is 0.280. The Morgan fingerprint density at radius 3 is 2.50 bits per heavy atom. The lowest BCUT2D eigenvalue weighted by Gasteiger charge is -2.10. The molecule has 2 aromatic rings. The number of aliphatic hydroxyl groups is 1. The maximum absolute atomic E-state index is 13.6. The van der Waals surface area contributed by atoms with Crippen LogP contribution in [0.1, 0.15) is 24.2 Å². The van der Waals surface area contributed by atoms with Gasteiger partial charge in [-0.1, -0.05) is 30.3 Å². The van der Waals surface area contributed by atoms with Crippen LogP contribution in [-0.4, -0.2) is 5.11 Å². The summed E-state index contributed by atoms with van der Waals surface area (Å²) in [5, 5.41) is 9.32. The number of ether oxygens (including phenoxy) is 1. The van der Waals surface area contributed by atoms with Crippen LogP contribution in [0, 0.1) is 5.82 Å². The fourth-order valence-corrected chi connectivity index (χ4v) is 1.68. The Kier molecular flexibility index (Phi) is 3.95. The molecule has 2 nitrogen and oxygen atoms in total. The van der Waals surface area contributed by atoms with Crippen LogP contribution in [0.4, 0.5) is 4.39 Å². The number of hydrogen-bond acceptors (Lipinski definition) is 2. The van der Waals surface area contributed by atoms with Crippen molar-refractivity contribution in [2.45, 2.75) is 19.6 Å². The molecule has 0 bridgehead atoms. The van der Waals surface area contributed by atoms with Gasteiger partial charge >= 0.3 is 0 Å². The molecule has 0 fully saturated rings. The summed E-state index contributed by atoms with van der Waals surface area (Å²) in [4.78, 5) is 0. The first-order chi connectivity index (χ1) is 8.66. The van der Waals surface area contributed by atoms with Crippen molar-refractivity contribution in [1.82, 2.24) is 0 Å². The molecule has 1 atom stereocenters. The summed E-state index contributed by atoms with van der Waals surface area (Å²) in [6.07, 6.45) is -0.812. The van der Waals surface area contributed by atoms with Crippen molar-refractivity contribution in [2.24, 2.45) is 0 Å². The monoisotopic (exact) mass is 246 g/mol. The van der Waals surface area contributed by atoms with Gasteiger partial charge < -0.3 is 9.84 Å². The van der Waals surface area contributed by atoms with E-state index in [1.54, 1.807) is 12.1 Å². The highest BCUT2D eigenvalue weighted by Crippen LogP contribution is 2.22. The lowest BCUT2D eigenvalue weighted by molar-refractivity contribution is 0.194. The minimum atomic E-state index is -0.812. The van der Waals surface area contributed by atoms with E-state index in [4.69, 9.17) is 4.74 Å². The van der Waals surface area contributed by atoms with Crippen LogP contribution in [0.5, 0.6) is 5.75 Å². The molecule has 0 unspecified atom stereocenters. The Morgan fingerprint density at radius 1 is 1.17 bits per heavy atom. The number of halogens is 1. The molecule has 18 heavy (non-hydrogen) atoms. The van der Waals surface area contributed by atoms with E-state index in [0.717, 1.165) is 5.56 Å². The van der Waals surface area contributed by atoms with Crippen LogP contribution in [-0.2, 0) is 6.61 Å². The first-order valence-corrected chi connectivity index (χ1v) is 5.81. The topological polar surface area (TPSA) is 29.5 Å². The summed E-state index contributed by atoms with van der Waals surface area (Å²) in [5.74, 6) is 0.0105. The van der Waals surface area contributed by atoms with Crippen LogP contribution in [0.2, 0.25) is 0 Å². The average molecular weight is 246 g/mol. The zero-order valence-electron chi connectivity index (χ0n) is 10.1. The van der Waals surface area contributed by atoms with Gasteiger partial charge in [0.2, 0.25) is 0 Å². The number of benzene rings is 2. The van der Waals surface area contributed by atoms with E-state index in [-0.39, 0.29) is 5.56 Å². The second kappa shape index (κ2) is 5.65. The van der Waals surface area contributed by atoms with E-state index in [9.17, 15) is 9.50 Å². The van der Waals surface area contributed by atoms with Crippen LogP contribution >= 0.6 is 0 Å². The molecule has 0 aliphatic heterocycles. The molecular weight excluding hydrogens is 231 g/mol. The average Bonchev–Trinajstić information content (AvgIpc) is 2.37. The second-order valence-corrected chi connectivity index (χ2v) is 4.13. The van der Waals surface area contributed by atoms with Gasteiger partial charge in [-0.05, 0) is 24.6 Å². The number of hydrogen-bond donors (Lipinski definition) is 1. The quantitative estimate of drug-likeness (QED) is 0.895. The summed E-state index contributed by atoms with van der Waals surface area (Å²) in [6, 6.07) is 14.2. The van der Waals surface area contributed by atoms with E-state index in [2.05, 4.69) is 0 Å². The molecule has 2 aromatic carbocycles. The summed E-state index contributed by atoms with van der Waals surface area (Å²) in [6.45, 7) is 1.93. The zero-order chi connectivity index (χ0) is 13.0. The van der Waals surface area contributed by atoms with Gasteiger partial charge in [0, 0.05) is 11.6 Å². The molecule has 0 radical (unpaired) electrons. The first kappa shape index (κ1) is 12.6. The van der Waals surface area contributed by atoms with Crippen molar-refractivity contribution >= 4 is 0 Å². The highest BCUT2D eigenvalue weighted by Gasteiger charge is 2.08.